The number of thiophene rings is 1. The van der Waals surface area contributed by atoms with Crippen molar-refractivity contribution in [2.45, 2.75) is 0 Å². The van der Waals surface area contributed by atoms with Gasteiger partial charge < -0.3 is 9.13 Å². The van der Waals surface area contributed by atoms with Crippen LogP contribution in [-0.4, -0.2) is 64.1 Å². The Balaban J connectivity index is 1.22. The maximum Gasteiger partial charge on any atom is 0.141 e. The molecule has 0 unspecified atom stereocenters. The Hall–Kier alpha value is -5.97. The summed E-state index contributed by atoms with van der Waals surface area (Å²) in [6, 6.07) is 51.6. The van der Waals surface area contributed by atoms with Crippen LogP contribution in [0.2, 0.25) is 0 Å². The fourth-order valence-corrected chi connectivity index (χ4v) is 11.2. The predicted octanol–water partition coefficient (Wildman–Crippen LogP) is 1.39. The lowest BCUT2D eigenvalue weighted by Gasteiger charge is -2.19. The molecule has 266 valence electrons. The molecule has 0 saturated carbocycles. The van der Waals surface area contributed by atoms with Gasteiger partial charge in [0.1, 0.15) is 54.9 Å². The Bertz CT molecular complexity index is 3530. The summed E-state index contributed by atoms with van der Waals surface area (Å²) in [5, 5.41) is 7.93. The van der Waals surface area contributed by atoms with Gasteiger partial charge in [0, 0.05) is 58.7 Å². The van der Waals surface area contributed by atoms with Gasteiger partial charge in [-0.05, 0) is 88.3 Å². The molecule has 0 N–H and O–H groups in total. The summed E-state index contributed by atoms with van der Waals surface area (Å²) < 4.78 is 7.70. The van der Waals surface area contributed by atoms with Crippen molar-refractivity contribution in [3.05, 3.63) is 140 Å². The molecule has 0 spiro atoms. The molecule has 0 aliphatic carbocycles. The Morgan fingerprint density at radius 1 is 0.345 bits per heavy atom. The van der Waals surface area contributed by atoms with Crippen molar-refractivity contribution < 1.29 is 0 Å². The first-order valence-corrected chi connectivity index (χ1v) is 21.2. The first kappa shape index (κ1) is 35.2. The minimum Gasteiger partial charge on any atom is -0.310 e. The second-order valence-corrected chi connectivity index (χ2v) is 17.4. The number of hydrogen-bond donors (Lipinski definition) is 0. The highest BCUT2D eigenvalue weighted by atomic mass is 32.1. The molecular formula is C48H37B7N2S. The number of benzene rings is 8. The Kier molecular flexibility index (Phi) is 7.91. The summed E-state index contributed by atoms with van der Waals surface area (Å²) in [7, 11) is 16.3. The third kappa shape index (κ3) is 4.94. The van der Waals surface area contributed by atoms with E-state index in [1.165, 1.54) is 136 Å². The highest BCUT2D eigenvalue weighted by Crippen LogP contribution is 2.39. The van der Waals surface area contributed by atoms with Crippen LogP contribution in [0.4, 0.5) is 0 Å². The maximum absolute atomic E-state index is 2.60. The van der Waals surface area contributed by atoms with E-state index in [0.29, 0.717) is 0 Å². The Morgan fingerprint density at radius 2 is 0.914 bits per heavy atom. The van der Waals surface area contributed by atoms with Crippen molar-refractivity contribution in [3.63, 3.8) is 0 Å². The van der Waals surface area contributed by atoms with Crippen molar-refractivity contribution in [2.24, 2.45) is 0 Å². The van der Waals surface area contributed by atoms with Gasteiger partial charge in [0.05, 0.1) is 11.0 Å². The summed E-state index contributed by atoms with van der Waals surface area (Å²) in [6.45, 7) is 0. The zero-order chi connectivity index (χ0) is 39.6. The van der Waals surface area contributed by atoms with E-state index in [-0.39, 0.29) is 0 Å². The highest BCUT2D eigenvalue weighted by Gasteiger charge is 2.25. The van der Waals surface area contributed by atoms with E-state index in [0.717, 1.165) is 0 Å². The second-order valence-electron chi connectivity index (χ2n) is 16.3. The molecule has 0 saturated heterocycles. The zero-order valence-electron chi connectivity index (χ0n) is 34.1. The molecule has 3 aromatic heterocycles. The molecule has 11 aromatic rings. The third-order valence-electron chi connectivity index (χ3n) is 13.4. The molecule has 0 atom stereocenters. The maximum atomic E-state index is 2.60. The standard InChI is InChI=1S/C48H37B7N2S/c49-40-37(26-16-19-34-31(22-26)30-21-25(24-9-3-1-4-10-24)15-18-33(30)56(34)27-11-5-2-6-12-27)41(50)45(54)47-38(40)39-42(51)43(52)44(53)46(55)48(39)57(47)28-17-20-36-32(23-28)29-13-7-8-14-35(29)58-36/h1-23H,49-55H2. The van der Waals surface area contributed by atoms with Crippen LogP contribution < -0.4 is 38.2 Å². The molecule has 0 amide bonds. The molecule has 0 aliphatic rings. The van der Waals surface area contributed by atoms with Gasteiger partial charge in [-0.25, -0.2) is 0 Å². The molecule has 10 heteroatoms. The van der Waals surface area contributed by atoms with Crippen LogP contribution in [0, 0.1) is 0 Å². The number of nitrogens with zero attached hydrogens (tertiary/aromatic N) is 2. The molecule has 0 fully saturated rings. The van der Waals surface area contributed by atoms with Gasteiger partial charge in [0.25, 0.3) is 0 Å². The molecule has 0 bridgehead atoms. The van der Waals surface area contributed by atoms with E-state index in [9.17, 15) is 0 Å². The summed E-state index contributed by atoms with van der Waals surface area (Å²) in [6.07, 6.45) is 0. The quantitative estimate of drug-likeness (QED) is 0.241. The first-order chi connectivity index (χ1) is 28.2. The Labute approximate surface area is 348 Å². The van der Waals surface area contributed by atoms with Gasteiger partial charge in [0.15, 0.2) is 0 Å². The van der Waals surface area contributed by atoms with Gasteiger partial charge in [-0.3, -0.25) is 0 Å². The normalized spacial score (nSPS) is 11.9. The minimum atomic E-state index is 1.17. The van der Waals surface area contributed by atoms with Gasteiger partial charge in [-0.2, -0.15) is 0 Å². The van der Waals surface area contributed by atoms with Crippen LogP contribution in [0.15, 0.2) is 140 Å². The molecule has 8 aromatic carbocycles. The second kappa shape index (κ2) is 13.0. The van der Waals surface area contributed by atoms with E-state index in [1.807, 2.05) is 11.3 Å². The van der Waals surface area contributed by atoms with Crippen molar-refractivity contribution in [1.82, 2.24) is 9.13 Å². The van der Waals surface area contributed by atoms with Crippen LogP contribution in [-0.2, 0) is 0 Å². The average Bonchev–Trinajstić information content (AvgIpc) is 3.92. The topological polar surface area (TPSA) is 9.86 Å². The molecule has 11 rings (SSSR count). The summed E-state index contributed by atoms with van der Waals surface area (Å²) in [5.74, 6) is 0. The minimum absolute atomic E-state index is 1.17. The highest BCUT2D eigenvalue weighted by molar-refractivity contribution is 7.25. The Morgan fingerprint density at radius 3 is 1.64 bits per heavy atom. The summed E-state index contributed by atoms with van der Waals surface area (Å²) in [5.41, 5.74) is 22.0. The number of fused-ring (bicyclic) bond motifs is 9. The van der Waals surface area contributed by atoms with E-state index >= 15 is 0 Å². The van der Waals surface area contributed by atoms with E-state index < -0.39 is 0 Å². The fraction of sp³-hybridized carbons (Fsp3) is 0. The van der Waals surface area contributed by atoms with Crippen LogP contribution in [0.5, 0.6) is 0 Å². The van der Waals surface area contributed by atoms with Crippen LogP contribution in [0.3, 0.4) is 0 Å². The van der Waals surface area contributed by atoms with Gasteiger partial charge in [-0.15, -0.1) is 16.8 Å². The van der Waals surface area contributed by atoms with Gasteiger partial charge in [-0.1, -0.05) is 112 Å². The predicted molar refractivity (Wildman–Crippen MR) is 276 cm³/mol. The van der Waals surface area contributed by atoms with Crippen molar-refractivity contribution in [1.29, 1.82) is 0 Å². The lowest BCUT2D eigenvalue weighted by atomic mass is 9.64. The lowest BCUT2D eigenvalue weighted by molar-refractivity contribution is 1.18. The van der Waals surface area contributed by atoms with Gasteiger partial charge in [0.2, 0.25) is 0 Å². The molecular weight excluding hydrogens is 712 g/mol. The zero-order valence-corrected chi connectivity index (χ0v) is 34.9. The number of hydrogen-bond acceptors (Lipinski definition) is 1. The first-order valence-electron chi connectivity index (χ1n) is 20.4. The van der Waals surface area contributed by atoms with E-state index in [4.69, 9.17) is 0 Å². The van der Waals surface area contributed by atoms with Crippen molar-refractivity contribution in [2.75, 3.05) is 0 Å². The van der Waals surface area contributed by atoms with E-state index in [1.54, 1.807) is 0 Å². The monoisotopic (exact) mass is 750 g/mol. The average molecular weight is 750 g/mol. The fourth-order valence-electron chi connectivity index (χ4n) is 10.1. The number of para-hydroxylation sites is 1. The number of rotatable bonds is 4. The van der Waals surface area contributed by atoms with Crippen molar-refractivity contribution >= 4 is 168 Å². The van der Waals surface area contributed by atoms with Crippen LogP contribution in [0.25, 0.3) is 97.4 Å². The van der Waals surface area contributed by atoms with Crippen molar-refractivity contribution in [3.8, 4) is 33.6 Å². The SMILES string of the molecule is Bc1c(B)c(B)c2c(c1B)c1c(B)c(-c3ccc4c(c3)c3cc(-c5ccccc5)ccc3n4-c3ccccc3)c(B)c(B)c1n2-c1ccc2sc3ccccc3c2c1. The largest absolute Gasteiger partial charge is 0.310 e. The molecule has 3 heterocycles. The molecule has 58 heavy (non-hydrogen) atoms. The van der Waals surface area contributed by atoms with Crippen LogP contribution >= 0.6 is 11.3 Å². The third-order valence-corrected chi connectivity index (χ3v) is 14.6. The summed E-state index contributed by atoms with van der Waals surface area (Å²) in [4.78, 5) is 0. The van der Waals surface area contributed by atoms with Crippen LogP contribution in [0.1, 0.15) is 0 Å². The molecule has 2 nitrogen and oxygen atoms in total. The smallest absolute Gasteiger partial charge is 0.141 e. The summed E-state index contributed by atoms with van der Waals surface area (Å²) >= 11 is 1.88. The van der Waals surface area contributed by atoms with E-state index in [2.05, 4.69) is 204 Å². The number of aromatic nitrogens is 2. The lowest BCUT2D eigenvalue weighted by Crippen LogP contribution is -2.48. The molecule has 0 radical (unpaired) electrons. The molecule has 0 aliphatic heterocycles. The van der Waals surface area contributed by atoms with Gasteiger partial charge >= 0.3 is 0 Å².